The first-order valence-corrected chi connectivity index (χ1v) is 3.43. The van der Waals surface area contributed by atoms with Crippen LogP contribution in [0.15, 0.2) is 0 Å². The Morgan fingerprint density at radius 2 is 1.62 bits per heavy atom. The number of hydrogen-bond acceptors (Lipinski definition) is 6. The summed E-state index contributed by atoms with van der Waals surface area (Å²) in [5.74, 6) is -5.59. The maximum Gasteiger partial charge on any atom is 0.367 e. The second-order valence-electron chi connectivity index (χ2n) is 2.71. The summed E-state index contributed by atoms with van der Waals surface area (Å²) in [5.41, 5.74) is 0. The monoisotopic (exact) mass is 196 g/mol. The second kappa shape index (κ2) is 3.99. The van der Waals surface area contributed by atoms with Crippen LogP contribution in [0, 0.1) is 0 Å². The number of aliphatic hydroxyl groups is 5. The number of aliphatic carboxylic acids is 1. The van der Waals surface area contributed by atoms with Gasteiger partial charge in [-0.05, 0) is 6.92 Å². The van der Waals surface area contributed by atoms with Gasteiger partial charge in [-0.15, -0.1) is 0 Å². The summed E-state index contributed by atoms with van der Waals surface area (Å²) in [5, 5.41) is 52.1. The molecule has 0 bridgehead atoms. The molecule has 0 fully saturated rings. The summed E-state index contributed by atoms with van der Waals surface area (Å²) in [4.78, 5) is 10.1. The lowest BCUT2D eigenvalue weighted by molar-refractivity contribution is -0.257. The van der Waals surface area contributed by atoms with Crippen molar-refractivity contribution in [1.29, 1.82) is 0 Å². The van der Waals surface area contributed by atoms with Crippen LogP contribution in [-0.2, 0) is 4.79 Å². The van der Waals surface area contributed by atoms with E-state index in [0.717, 1.165) is 6.92 Å². The molecule has 0 saturated heterocycles. The second-order valence-corrected chi connectivity index (χ2v) is 2.71. The lowest BCUT2D eigenvalue weighted by Crippen LogP contribution is -2.57. The predicted molar refractivity (Wildman–Crippen MR) is 38.5 cm³/mol. The minimum Gasteiger partial charge on any atom is -0.477 e. The molecule has 0 aliphatic heterocycles. The fraction of sp³-hybridized carbons (Fsp3) is 0.833. The van der Waals surface area contributed by atoms with E-state index in [0.29, 0.717) is 0 Å². The molecule has 0 saturated carbocycles. The first-order valence-electron chi connectivity index (χ1n) is 3.43. The number of hydrogen-bond donors (Lipinski definition) is 6. The average Bonchev–Trinajstić information content (AvgIpc) is 2.01. The molecule has 0 radical (unpaired) electrons. The van der Waals surface area contributed by atoms with Crippen LogP contribution in [0.5, 0.6) is 0 Å². The van der Waals surface area contributed by atoms with Crippen LogP contribution in [0.3, 0.4) is 0 Å². The van der Waals surface area contributed by atoms with E-state index in [1.807, 2.05) is 0 Å². The van der Waals surface area contributed by atoms with Crippen LogP contribution in [0.4, 0.5) is 0 Å². The van der Waals surface area contributed by atoms with Crippen molar-refractivity contribution in [3.63, 3.8) is 0 Å². The molecular formula is C6H12O7. The Morgan fingerprint density at radius 3 is 1.85 bits per heavy atom. The molecule has 0 heterocycles. The highest BCUT2D eigenvalue weighted by Crippen LogP contribution is 2.13. The van der Waals surface area contributed by atoms with E-state index in [1.54, 1.807) is 0 Å². The van der Waals surface area contributed by atoms with Crippen molar-refractivity contribution in [3.8, 4) is 0 Å². The number of carboxylic acids is 1. The molecule has 0 aromatic carbocycles. The van der Waals surface area contributed by atoms with Crippen molar-refractivity contribution >= 4 is 5.97 Å². The third-order valence-electron chi connectivity index (χ3n) is 1.54. The molecule has 6 N–H and O–H groups in total. The molecule has 7 nitrogen and oxygen atoms in total. The molecule has 0 spiro atoms. The van der Waals surface area contributed by atoms with E-state index in [2.05, 4.69) is 0 Å². The molecule has 7 heteroatoms. The van der Waals surface area contributed by atoms with Crippen LogP contribution >= 0.6 is 0 Å². The molecule has 13 heavy (non-hydrogen) atoms. The predicted octanol–water partition coefficient (Wildman–Crippen LogP) is -3.15. The molecule has 0 aromatic heterocycles. The van der Waals surface area contributed by atoms with E-state index in [1.165, 1.54) is 0 Å². The summed E-state index contributed by atoms with van der Waals surface area (Å²) < 4.78 is 0. The van der Waals surface area contributed by atoms with E-state index in [-0.39, 0.29) is 0 Å². The van der Waals surface area contributed by atoms with Crippen molar-refractivity contribution in [2.75, 3.05) is 0 Å². The van der Waals surface area contributed by atoms with Gasteiger partial charge in [-0.3, -0.25) is 0 Å². The molecule has 0 aliphatic carbocycles. The first kappa shape index (κ1) is 12.3. The Morgan fingerprint density at radius 1 is 1.23 bits per heavy atom. The molecule has 3 unspecified atom stereocenters. The smallest absolute Gasteiger partial charge is 0.367 e. The van der Waals surface area contributed by atoms with Crippen molar-refractivity contribution in [1.82, 2.24) is 0 Å². The fourth-order valence-electron chi connectivity index (χ4n) is 0.628. The summed E-state index contributed by atoms with van der Waals surface area (Å²) in [6, 6.07) is 0. The zero-order chi connectivity index (χ0) is 10.8. The summed E-state index contributed by atoms with van der Waals surface area (Å²) in [7, 11) is 0. The molecule has 3 atom stereocenters. The highest BCUT2D eigenvalue weighted by molar-refractivity contribution is 5.75. The summed E-state index contributed by atoms with van der Waals surface area (Å²) >= 11 is 0. The van der Waals surface area contributed by atoms with Crippen molar-refractivity contribution in [3.05, 3.63) is 0 Å². The molecule has 0 aliphatic rings. The van der Waals surface area contributed by atoms with Crippen LogP contribution in [0.1, 0.15) is 6.92 Å². The lowest BCUT2D eigenvalue weighted by atomic mass is 10.0. The number of carbonyl (C=O) groups is 1. The Labute approximate surface area is 73.5 Å². The van der Waals surface area contributed by atoms with Crippen molar-refractivity contribution in [2.45, 2.75) is 31.0 Å². The largest absolute Gasteiger partial charge is 0.477 e. The number of rotatable bonds is 4. The lowest BCUT2D eigenvalue weighted by Gasteiger charge is -2.28. The van der Waals surface area contributed by atoms with Crippen molar-refractivity contribution < 1.29 is 35.4 Å². The van der Waals surface area contributed by atoms with Gasteiger partial charge in [-0.1, -0.05) is 0 Å². The maximum atomic E-state index is 10.1. The van der Waals surface area contributed by atoms with Gasteiger partial charge in [0.15, 0.2) is 0 Å². The van der Waals surface area contributed by atoms with Gasteiger partial charge >= 0.3 is 5.97 Å². The highest BCUT2D eigenvalue weighted by atomic mass is 16.6. The Balaban J connectivity index is 4.58. The van der Waals surface area contributed by atoms with Gasteiger partial charge in [0.05, 0.1) is 6.10 Å². The highest BCUT2D eigenvalue weighted by Gasteiger charge is 2.46. The van der Waals surface area contributed by atoms with Crippen LogP contribution in [-0.4, -0.2) is 60.7 Å². The summed E-state index contributed by atoms with van der Waals surface area (Å²) in [6.45, 7) is 1.06. The van der Waals surface area contributed by atoms with Crippen LogP contribution in [0.25, 0.3) is 0 Å². The normalized spacial score (nSPS) is 19.2. The van der Waals surface area contributed by atoms with Crippen LogP contribution < -0.4 is 0 Å². The molecule has 78 valence electrons. The number of carboxylic acid groups (broad SMARTS) is 1. The molecular weight excluding hydrogens is 184 g/mol. The van der Waals surface area contributed by atoms with Gasteiger partial charge in [0.1, 0.15) is 12.2 Å². The van der Waals surface area contributed by atoms with Gasteiger partial charge in [0.2, 0.25) is 0 Å². The van der Waals surface area contributed by atoms with Crippen molar-refractivity contribution in [2.24, 2.45) is 0 Å². The minimum absolute atomic E-state index is 1.06. The SMILES string of the molecule is CC(O)C(O)C(O)C(O)(O)C(=O)O. The molecule has 0 rings (SSSR count). The maximum absolute atomic E-state index is 10.1. The van der Waals surface area contributed by atoms with E-state index in [4.69, 9.17) is 30.6 Å². The zero-order valence-corrected chi connectivity index (χ0v) is 6.82. The Hall–Kier alpha value is -0.730. The minimum atomic E-state index is -3.48. The summed E-state index contributed by atoms with van der Waals surface area (Å²) in [6.07, 6.45) is -5.82. The number of aliphatic hydroxyl groups excluding tert-OH is 3. The van der Waals surface area contributed by atoms with Gasteiger partial charge in [0.25, 0.3) is 5.79 Å². The van der Waals surface area contributed by atoms with Gasteiger partial charge in [0, 0.05) is 0 Å². The third kappa shape index (κ3) is 2.61. The fourth-order valence-corrected chi connectivity index (χ4v) is 0.628. The van der Waals surface area contributed by atoms with E-state index in [9.17, 15) is 4.79 Å². The van der Waals surface area contributed by atoms with Gasteiger partial charge in [-0.25, -0.2) is 4.79 Å². The molecule has 0 amide bonds. The molecule has 0 aromatic rings. The Kier molecular flexibility index (Phi) is 3.76. The average molecular weight is 196 g/mol. The van der Waals surface area contributed by atoms with Crippen LogP contribution in [0.2, 0.25) is 0 Å². The first-order chi connectivity index (χ1) is 5.71. The van der Waals surface area contributed by atoms with Gasteiger partial charge in [-0.2, -0.15) is 0 Å². The van der Waals surface area contributed by atoms with E-state index < -0.39 is 30.1 Å². The Bertz CT molecular complexity index is 187. The quantitative estimate of drug-likeness (QED) is 0.261. The topological polar surface area (TPSA) is 138 Å². The van der Waals surface area contributed by atoms with E-state index >= 15 is 0 Å². The third-order valence-corrected chi connectivity index (χ3v) is 1.54. The van der Waals surface area contributed by atoms with Gasteiger partial charge < -0.3 is 30.6 Å². The zero-order valence-electron chi connectivity index (χ0n) is 6.82. The standard InChI is InChI=1S/C6H12O7/c1-2(7)3(8)4(9)6(12,13)5(10)11/h2-4,7-9,12-13H,1H3,(H,10,11).